The van der Waals surface area contributed by atoms with E-state index in [1.807, 2.05) is 6.92 Å². The lowest BCUT2D eigenvalue weighted by atomic mass is 10.3. The zero-order valence-corrected chi connectivity index (χ0v) is 8.63. The molecule has 0 spiro atoms. The number of aliphatic hydroxyl groups is 1. The Balaban J connectivity index is 2.19. The van der Waals surface area contributed by atoms with E-state index >= 15 is 0 Å². The molecule has 1 aliphatic carbocycles. The molecule has 1 saturated carbocycles. The fraction of sp³-hybridized carbons (Fsp3) is 0.875. The first kappa shape index (κ1) is 9.99. The molecule has 0 amide bonds. The van der Waals surface area contributed by atoms with Gasteiger partial charge in [0.2, 0.25) is 0 Å². The summed E-state index contributed by atoms with van der Waals surface area (Å²) in [6.07, 6.45) is 2.00. The fourth-order valence-corrected chi connectivity index (χ4v) is 0.873. The van der Waals surface area contributed by atoms with Gasteiger partial charge in [0.15, 0.2) is 5.60 Å². The Morgan fingerprint density at radius 3 is 2.75 bits per heavy atom. The minimum Gasteiger partial charge on any atom is -0.462 e. The molecule has 0 aliphatic heterocycles. The number of hydrogen-bond acceptors (Lipinski definition) is 3. The molecule has 0 heterocycles. The zero-order chi connectivity index (χ0) is 9.19. The predicted molar refractivity (Wildman–Crippen MR) is 48.1 cm³/mol. The van der Waals surface area contributed by atoms with Crippen LogP contribution in [0.15, 0.2) is 0 Å². The van der Waals surface area contributed by atoms with Crippen LogP contribution in [0.4, 0.5) is 0 Å². The van der Waals surface area contributed by atoms with Crippen LogP contribution in [0.1, 0.15) is 26.2 Å². The smallest absolute Gasteiger partial charge is 0.338 e. The lowest BCUT2D eigenvalue weighted by Gasteiger charge is -2.10. The first-order valence-corrected chi connectivity index (χ1v) is 5.04. The maximum Gasteiger partial charge on any atom is 0.338 e. The van der Waals surface area contributed by atoms with Crippen LogP contribution >= 0.6 is 15.9 Å². The van der Waals surface area contributed by atoms with E-state index in [2.05, 4.69) is 15.9 Å². The van der Waals surface area contributed by atoms with E-state index in [4.69, 9.17) is 4.74 Å². The van der Waals surface area contributed by atoms with E-state index in [0.717, 1.165) is 6.42 Å². The fourth-order valence-electron chi connectivity index (χ4n) is 0.741. The van der Waals surface area contributed by atoms with Crippen LogP contribution in [0.25, 0.3) is 0 Å². The summed E-state index contributed by atoms with van der Waals surface area (Å²) < 4.78 is 4.89. The predicted octanol–water partition coefficient (Wildman–Crippen LogP) is 1.23. The molecule has 1 N–H and O–H groups in total. The second-order valence-electron chi connectivity index (χ2n) is 3.14. The summed E-state index contributed by atoms with van der Waals surface area (Å²) in [4.78, 5) is 11.3. The molecule has 1 fully saturated rings. The van der Waals surface area contributed by atoms with Gasteiger partial charge in [-0.05, 0) is 19.3 Å². The second-order valence-corrected chi connectivity index (χ2v) is 4.43. The normalized spacial score (nSPS) is 21.6. The number of esters is 1. The summed E-state index contributed by atoms with van der Waals surface area (Å²) in [6.45, 7) is 2.34. The lowest BCUT2D eigenvalue weighted by molar-refractivity contribution is -0.155. The topological polar surface area (TPSA) is 46.5 Å². The highest BCUT2D eigenvalue weighted by molar-refractivity contribution is 9.09. The van der Waals surface area contributed by atoms with Crippen LogP contribution < -0.4 is 0 Å². The van der Waals surface area contributed by atoms with E-state index in [-0.39, 0.29) is 4.83 Å². The molecule has 0 aromatic heterocycles. The number of ether oxygens (including phenoxy) is 1. The third kappa shape index (κ3) is 2.45. The highest BCUT2D eigenvalue weighted by Gasteiger charge is 2.49. The Morgan fingerprint density at radius 1 is 1.75 bits per heavy atom. The number of rotatable bonds is 4. The standard InChI is InChI=1S/C8H13BrO3/c1-2-6(9)5-12-7(10)8(11)3-4-8/h6,11H,2-5H2,1H3. The Bertz CT molecular complexity index is 177. The molecular formula is C8H13BrO3. The maximum atomic E-state index is 11.1. The Kier molecular flexibility index (Phi) is 3.12. The largest absolute Gasteiger partial charge is 0.462 e. The molecule has 0 aromatic rings. The van der Waals surface area contributed by atoms with Gasteiger partial charge in [0.25, 0.3) is 0 Å². The minimum absolute atomic E-state index is 0.198. The van der Waals surface area contributed by atoms with Crippen molar-refractivity contribution in [3.63, 3.8) is 0 Å². The van der Waals surface area contributed by atoms with Crippen LogP contribution in [0.5, 0.6) is 0 Å². The van der Waals surface area contributed by atoms with Crippen LogP contribution in [-0.4, -0.2) is 28.1 Å². The molecule has 1 aliphatic rings. The third-order valence-electron chi connectivity index (χ3n) is 1.94. The van der Waals surface area contributed by atoms with Gasteiger partial charge in [-0.15, -0.1) is 0 Å². The van der Waals surface area contributed by atoms with Crippen molar-refractivity contribution in [1.82, 2.24) is 0 Å². The number of carbonyl (C=O) groups is 1. The SMILES string of the molecule is CCC(Br)COC(=O)C1(O)CC1. The molecule has 70 valence electrons. The molecular weight excluding hydrogens is 224 g/mol. The molecule has 1 unspecified atom stereocenters. The van der Waals surface area contributed by atoms with E-state index in [1.165, 1.54) is 0 Å². The van der Waals surface area contributed by atoms with Crippen LogP contribution in [0.3, 0.4) is 0 Å². The molecule has 4 heteroatoms. The van der Waals surface area contributed by atoms with Crippen molar-refractivity contribution in [3.05, 3.63) is 0 Å². The van der Waals surface area contributed by atoms with E-state index in [0.29, 0.717) is 19.4 Å². The summed E-state index contributed by atoms with van der Waals surface area (Å²) >= 11 is 3.33. The van der Waals surface area contributed by atoms with Crippen LogP contribution in [0, 0.1) is 0 Å². The zero-order valence-electron chi connectivity index (χ0n) is 7.05. The number of halogens is 1. The summed E-state index contributed by atoms with van der Waals surface area (Å²) in [5.41, 5.74) is -1.14. The van der Waals surface area contributed by atoms with Gasteiger partial charge in [-0.3, -0.25) is 0 Å². The molecule has 0 radical (unpaired) electrons. The van der Waals surface area contributed by atoms with Crippen molar-refractivity contribution in [2.24, 2.45) is 0 Å². The molecule has 1 rings (SSSR count). The lowest BCUT2D eigenvalue weighted by Crippen LogP contribution is -2.26. The molecule has 0 aromatic carbocycles. The van der Waals surface area contributed by atoms with Crippen molar-refractivity contribution < 1.29 is 14.6 Å². The van der Waals surface area contributed by atoms with Gasteiger partial charge in [-0.25, -0.2) is 4.79 Å². The summed E-state index contributed by atoms with van der Waals surface area (Å²) in [5.74, 6) is -0.472. The molecule has 0 saturated heterocycles. The van der Waals surface area contributed by atoms with Gasteiger partial charge >= 0.3 is 5.97 Å². The van der Waals surface area contributed by atoms with Gasteiger partial charge in [-0.1, -0.05) is 22.9 Å². The van der Waals surface area contributed by atoms with Crippen molar-refractivity contribution in [3.8, 4) is 0 Å². The first-order valence-electron chi connectivity index (χ1n) is 4.12. The van der Waals surface area contributed by atoms with Crippen molar-refractivity contribution in [2.45, 2.75) is 36.6 Å². The molecule has 1 atom stereocenters. The first-order chi connectivity index (χ1) is 5.58. The van der Waals surface area contributed by atoms with Gasteiger partial charge in [0, 0.05) is 4.83 Å². The minimum atomic E-state index is -1.14. The van der Waals surface area contributed by atoms with E-state index in [9.17, 15) is 9.90 Å². The number of carbonyl (C=O) groups excluding carboxylic acids is 1. The van der Waals surface area contributed by atoms with Crippen molar-refractivity contribution in [2.75, 3.05) is 6.61 Å². The summed E-state index contributed by atoms with van der Waals surface area (Å²) in [6, 6.07) is 0. The molecule has 12 heavy (non-hydrogen) atoms. The van der Waals surface area contributed by atoms with Crippen LogP contribution in [-0.2, 0) is 9.53 Å². The van der Waals surface area contributed by atoms with Gasteiger partial charge < -0.3 is 9.84 Å². The highest BCUT2D eigenvalue weighted by atomic mass is 79.9. The average Bonchev–Trinajstić information content (AvgIpc) is 2.80. The Hall–Kier alpha value is -0.0900. The number of hydrogen-bond donors (Lipinski definition) is 1. The maximum absolute atomic E-state index is 11.1. The molecule has 3 nitrogen and oxygen atoms in total. The molecule has 0 bridgehead atoms. The Labute approximate surface area is 80.2 Å². The second kappa shape index (κ2) is 3.75. The van der Waals surface area contributed by atoms with Crippen molar-refractivity contribution >= 4 is 21.9 Å². The number of alkyl halides is 1. The average molecular weight is 237 g/mol. The summed E-state index contributed by atoms with van der Waals surface area (Å²) in [7, 11) is 0. The van der Waals surface area contributed by atoms with Crippen LogP contribution in [0.2, 0.25) is 0 Å². The quantitative estimate of drug-likeness (QED) is 0.590. The Morgan fingerprint density at radius 2 is 2.33 bits per heavy atom. The third-order valence-corrected chi connectivity index (χ3v) is 2.85. The van der Waals surface area contributed by atoms with E-state index < -0.39 is 11.6 Å². The van der Waals surface area contributed by atoms with Gasteiger partial charge in [0.05, 0.1) is 0 Å². The van der Waals surface area contributed by atoms with Crippen molar-refractivity contribution in [1.29, 1.82) is 0 Å². The van der Waals surface area contributed by atoms with E-state index in [1.54, 1.807) is 0 Å². The van der Waals surface area contributed by atoms with Gasteiger partial charge in [0.1, 0.15) is 6.61 Å². The highest BCUT2D eigenvalue weighted by Crippen LogP contribution is 2.36. The monoisotopic (exact) mass is 236 g/mol. The summed E-state index contributed by atoms with van der Waals surface area (Å²) in [5, 5.41) is 9.29. The van der Waals surface area contributed by atoms with Gasteiger partial charge in [-0.2, -0.15) is 0 Å².